The van der Waals surface area contributed by atoms with Crippen molar-refractivity contribution in [3.05, 3.63) is 52.8 Å². The zero-order valence-corrected chi connectivity index (χ0v) is 12.0. The van der Waals surface area contributed by atoms with Crippen LogP contribution in [0, 0.1) is 0 Å². The highest BCUT2D eigenvalue weighted by molar-refractivity contribution is 5.89. The molecule has 3 rings (SSSR count). The zero-order chi connectivity index (χ0) is 17.5. The average Bonchev–Trinajstić information content (AvgIpc) is 2.95. The van der Waals surface area contributed by atoms with Crippen LogP contribution >= 0.6 is 0 Å². The van der Waals surface area contributed by atoms with E-state index < -0.39 is 41.9 Å². The van der Waals surface area contributed by atoms with E-state index in [1.807, 2.05) is 0 Å². The number of aromatic amines is 1. The fraction of sp³-hybridized carbons (Fsp3) is 0.333. The van der Waals surface area contributed by atoms with Gasteiger partial charge in [0.05, 0.1) is 11.1 Å². The Morgan fingerprint density at radius 3 is 2.54 bits per heavy atom. The van der Waals surface area contributed by atoms with Crippen molar-refractivity contribution in [2.75, 3.05) is 0 Å². The molecule has 1 N–H and O–H groups in total. The topological polar surface area (TPSA) is 55.0 Å². The van der Waals surface area contributed by atoms with E-state index in [1.54, 1.807) is 6.07 Å². The minimum absolute atomic E-state index is 0.0301. The summed E-state index contributed by atoms with van der Waals surface area (Å²) in [6.07, 6.45) is -8.34. The summed E-state index contributed by atoms with van der Waals surface area (Å²) in [6, 6.07) is 7.22. The van der Waals surface area contributed by atoms with Gasteiger partial charge in [-0.15, -0.1) is 0 Å². The molecule has 0 radical (unpaired) electrons. The normalized spacial score (nSPS) is 19.6. The Bertz CT molecular complexity index is 755. The van der Waals surface area contributed by atoms with Crippen LogP contribution in [0.5, 0.6) is 0 Å². The number of nitrogens with one attached hydrogen (secondary N) is 1. The van der Waals surface area contributed by atoms with Crippen molar-refractivity contribution < 1.29 is 31.5 Å². The van der Waals surface area contributed by atoms with Crippen LogP contribution in [0.2, 0.25) is 0 Å². The maximum atomic E-state index is 14.2. The van der Waals surface area contributed by atoms with Gasteiger partial charge in [0, 0.05) is 12.1 Å². The van der Waals surface area contributed by atoms with Crippen molar-refractivity contribution in [1.29, 1.82) is 0 Å². The first-order chi connectivity index (χ1) is 11.2. The van der Waals surface area contributed by atoms with Crippen molar-refractivity contribution in [3.8, 4) is 0 Å². The van der Waals surface area contributed by atoms with E-state index >= 15 is 0 Å². The van der Waals surface area contributed by atoms with Crippen molar-refractivity contribution in [2.45, 2.75) is 31.0 Å². The maximum Gasteiger partial charge on any atom is 0.435 e. The molecule has 4 nitrogen and oxygen atoms in total. The molecule has 1 aliphatic carbocycles. The molecule has 0 bridgehead atoms. The van der Waals surface area contributed by atoms with E-state index in [2.05, 4.69) is 10.2 Å². The number of benzene rings is 1. The SMILES string of the molecule is O=C(O[C@H]1c2c(C(F)(F)F)n[nH]c2CCC1(F)F)c1ccccc1. The molecule has 0 saturated carbocycles. The van der Waals surface area contributed by atoms with Gasteiger partial charge in [-0.25, -0.2) is 13.6 Å². The number of carbonyl (C=O) groups excluding carboxylic acids is 1. The summed E-state index contributed by atoms with van der Waals surface area (Å²) < 4.78 is 72.2. The predicted octanol–water partition coefficient (Wildman–Crippen LogP) is 3.91. The summed E-state index contributed by atoms with van der Waals surface area (Å²) in [5, 5.41) is 5.21. The molecular weight excluding hydrogens is 335 g/mol. The highest BCUT2D eigenvalue weighted by Crippen LogP contribution is 2.47. The number of nitrogens with zero attached hydrogens (tertiary/aromatic N) is 1. The van der Waals surface area contributed by atoms with Crippen molar-refractivity contribution in [3.63, 3.8) is 0 Å². The summed E-state index contributed by atoms with van der Waals surface area (Å²) in [7, 11) is 0. The van der Waals surface area contributed by atoms with Crippen molar-refractivity contribution in [2.24, 2.45) is 0 Å². The number of hydrogen-bond donors (Lipinski definition) is 1. The summed E-state index contributed by atoms with van der Waals surface area (Å²) in [5.41, 5.74) is -2.41. The molecule has 2 aromatic rings. The lowest BCUT2D eigenvalue weighted by atomic mass is 9.89. The molecule has 0 spiro atoms. The van der Waals surface area contributed by atoms with E-state index in [0.717, 1.165) is 0 Å². The van der Waals surface area contributed by atoms with E-state index in [0.29, 0.717) is 0 Å². The van der Waals surface area contributed by atoms with E-state index in [-0.39, 0.29) is 17.7 Å². The number of aryl methyl sites for hydroxylation is 1. The minimum atomic E-state index is -4.94. The Hall–Kier alpha value is -2.45. The lowest BCUT2D eigenvalue weighted by molar-refractivity contribution is -0.151. The smallest absolute Gasteiger partial charge is 0.435 e. The average molecular weight is 346 g/mol. The van der Waals surface area contributed by atoms with Crippen LogP contribution in [0.1, 0.15) is 39.8 Å². The first kappa shape index (κ1) is 16.4. The summed E-state index contributed by atoms with van der Waals surface area (Å²) in [4.78, 5) is 12.0. The molecule has 0 saturated heterocycles. The second kappa shape index (κ2) is 5.57. The number of alkyl halides is 5. The Kier molecular flexibility index (Phi) is 3.81. The Morgan fingerprint density at radius 1 is 1.25 bits per heavy atom. The van der Waals surface area contributed by atoms with Gasteiger partial charge in [0.1, 0.15) is 0 Å². The van der Waals surface area contributed by atoms with Gasteiger partial charge in [-0.1, -0.05) is 18.2 Å². The molecule has 1 aliphatic rings. The zero-order valence-electron chi connectivity index (χ0n) is 12.0. The van der Waals surface area contributed by atoms with Crippen molar-refractivity contribution >= 4 is 5.97 Å². The van der Waals surface area contributed by atoms with Gasteiger partial charge in [0.25, 0.3) is 5.92 Å². The number of rotatable bonds is 2. The van der Waals surface area contributed by atoms with Gasteiger partial charge in [0.15, 0.2) is 11.8 Å². The molecular formula is C15H11F5N2O2. The molecule has 0 fully saturated rings. The molecule has 128 valence electrons. The molecule has 1 atom stereocenters. The number of halogens is 5. The summed E-state index contributed by atoms with van der Waals surface area (Å²) >= 11 is 0. The van der Waals surface area contributed by atoms with Crippen LogP contribution in [0.25, 0.3) is 0 Å². The Morgan fingerprint density at radius 2 is 1.92 bits per heavy atom. The monoisotopic (exact) mass is 346 g/mol. The van der Waals surface area contributed by atoms with Gasteiger partial charge in [0.2, 0.25) is 0 Å². The van der Waals surface area contributed by atoms with Crippen molar-refractivity contribution in [1.82, 2.24) is 10.2 Å². The van der Waals surface area contributed by atoms with Crippen LogP contribution in [-0.4, -0.2) is 22.1 Å². The number of fused-ring (bicyclic) bond motifs is 1. The fourth-order valence-corrected chi connectivity index (χ4v) is 2.60. The number of ether oxygens (including phenoxy) is 1. The number of H-pyrrole nitrogens is 1. The first-order valence-corrected chi connectivity index (χ1v) is 6.98. The second-order valence-corrected chi connectivity index (χ2v) is 5.37. The van der Waals surface area contributed by atoms with E-state index in [9.17, 15) is 26.7 Å². The minimum Gasteiger partial charge on any atom is -0.447 e. The lowest BCUT2D eigenvalue weighted by Crippen LogP contribution is -2.36. The standard InChI is InChI=1S/C15H11F5N2O2/c16-14(17)7-6-9-10(11(22-21-9)15(18,19)20)12(14)24-13(23)8-4-2-1-3-5-8/h1-5,12H,6-7H2,(H,21,22)/t12-/m0/s1. The molecule has 1 heterocycles. The van der Waals surface area contributed by atoms with Gasteiger partial charge in [-0.2, -0.15) is 18.3 Å². The molecule has 0 amide bonds. The largest absolute Gasteiger partial charge is 0.447 e. The highest BCUT2D eigenvalue weighted by atomic mass is 19.4. The third kappa shape index (κ3) is 2.85. The van der Waals surface area contributed by atoms with Gasteiger partial charge >= 0.3 is 12.1 Å². The second-order valence-electron chi connectivity index (χ2n) is 5.37. The van der Waals surface area contributed by atoms with Gasteiger partial charge < -0.3 is 4.74 Å². The fourth-order valence-electron chi connectivity index (χ4n) is 2.60. The number of esters is 1. The summed E-state index contributed by atoms with van der Waals surface area (Å²) in [6.45, 7) is 0. The third-order valence-corrected chi connectivity index (χ3v) is 3.74. The molecule has 0 unspecified atom stereocenters. The van der Waals surface area contributed by atoms with Gasteiger partial charge in [-0.3, -0.25) is 5.10 Å². The molecule has 1 aromatic heterocycles. The maximum absolute atomic E-state index is 14.2. The Balaban J connectivity index is 2.00. The summed E-state index contributed by atoms with van der Waals surface area (Å²) in [5.74, 6) is -4.75. The van der Waals surface area contributed by atoms with Gasteiger partial charge in [-0.05, 0) is 18.6 Å². The highest BCUT2D eigenvalue weighted by Gasteiger charge is 2.53. The number of hydrogen-bond acceptors (Lipinski definition) is 3. The lowest BCUT2D eigenvalue weighted by Gasteiger charge is -2.31. The van der Waals surface area contributed by atoms with E-state index in [1.165, 1.54) is 24.3 Å². The van der Waals surface area contributed by atoms with Crippen LogP contribution in [0.15, 0.2) is 30.3 Å². The predicted molar refractivity (Wildman–Crippen MR) is 71.5 cm³/mol. The number of carbonyl (C=O) groups is 1. The quantitative estimate of drug-likeness (QED) is 0.663. The molecule has 0 aliphatic heterocycles. The Labute approximate surface area is 132 Å². The number of aromatic nitrogens is 2. The molecule has 1 aromatic carbocycles. The van der Waals surface area contributed by atoms with Crippen LogP contribution in [0.4, 0.5) is 22.0 Å². The van der Waals surface area contributed by atoms with Crippen LogP contribution in [-0.2, 0) is 17.3 Å². The van der Waals surface area contributed by atoms with E-state index in [4.69, 9.17) is 4.74 Å². The third-order valence-electron chi connectivity index (χ3n) is 3.74. The molecule has 24 heavy (non-hydrogen) atoms. The van der Waals surface area contributed by atoms with Crippen LogP contribution in [0.3, 0.4) is 0 Å². The van der Waals surface area contributed by atoms with Crippen LogP contribution < -0.4 is 0 Å². The molecule has 9 heteroatoms. The first-order valence-electron chi connectivity index (χ1n) is 6.98.